The van der Waals surface area contributed by atoms with E-state index in [4.69, 9.17) is 9.47 Å². The molecule has 39 heavy (non-hydrogen) atoms. The van der Waals surface area contributed by atoms with Crippen LogP contribution >= 0.6 is 0 Å². The fourth-order valence-electron chi connectivity index (χ4n) is 5.08. The monoisotopic (exact) mass is 561 g/mol. The molecule has 0 aromatic heterocycles. The molecule has 12 heteroatoms. The number of benzene rings is 2. The average Bonchev–Trinajstić information content (AvgIpc) is 2.86. The Morgan fingerprint density at radius 2 is 1.82 bits per heavy atom. The van der Waals surface area contributed by atoms with E-state index >= 15 is 0 Å². The molecule has 1 unspecified atom stereocenters. The van der Waals surface area contributed by atoms with Gasteiger partial charge in [-0.2, -0.15) is 0 Å². The van der Waals surface area contributed by atoms with Crippen molar-refractivity contribution in [1.29, 1.82) is 0 Å². The molecule has 2 aliphatic heterocycles. The molecule has 2 N–H and O–H groups in total. The van der Waals surface area contributed by atoms with E-state index in [0.717, 1.165) is 17.7 Å². The van der Waals surface area contributed by atoms with Crippen molar-refractivity contribution >= 4 is 36.9 Å². The lowest BCUT2D eigenvalue weighted by molar-refractivity contribution is -0.154. The van der Waals surface area contributed by atoms with Crippen molar-refractivity contribution in [2.75, 3.05) is 38.2 Å². The summed E-state index contributed by atoms with van der Waals surface area (Å²) in [7, 11) is -2.32. The number of fused-ring (bicyclic) bond motifs is 1. The number of hydrogen-bond acceptors (Lipinski definition) is 5. The van der Waals surface area contributed by atoms with Crippen molar-refractivity contribution < 1.29 is 37.7 Å². The summed E-state index contributed by atoms with van der Waals surface area (Å²) >= 11 is 0. The third kappa shape index (κ3) is 6.06. The minimum atomic E-state index is -2.32. The Balaban J connectivity index is 1.67. The molecule has 2 aliphatic rings. The maximum atomic E-state index is 14.9. The second-order valence-electron chi connectivity index (χ2n) is 10.6. The molecule has 2 atom stereocenters. The van der Waals surface area contributed by atoms with Gasteiger partial charge in [0, 0.05) is 24.0 Å². The van der Waals surface area contributed by atoms with Crippen LogP contribution in [0.5, 0.6) is 5.75 Å². The van der Waals surface area contributed by atoms with Gasteiger partial charge in [0.1, 0.15) is 23.4 Å². The average molecular weight is 562 g/mol. The van der Waals surface area contributed by atoms with Gasteiger partial charge < -0.3 is 29.7 Å². The molecular formula is C27H33F2N3O6Si. The molecular weight excluding hydrogens is 528 g/mol. The molecule has 1 saturated heterocycles. The van der Waals surface area contributed by atoms with Crippen LogP contribution in [0.4, 0.5) is 19.3 Å². The Bertz CT molecular complexity index is 1260. The number of morpholine rings is 1. The number of nitrogens with zero attached hydrogens (tertiary/aromatic N) is 2. The summed E-state index contributed by atoms with van der Waals surface area (Å²) in [5, 5.41) is 12.0. The van der Waals surface area contributed by atoms with E-state index in [1.165, 1.54) is 9.80 Å². The largest absolute Gasteiger partial charge is 0.494 e. The zero-order chi connectivity index (χ0) is 28.5. The molecule has 0 aliphatic carbocycles. The number of rotatable bonds is 6. The maximum Gasteiger partial charge on any atom is 0.334 e. The van der Waals surface area contributed by atoms with E-state index in [9.17, 15) is 28.3 Å². The summed E-state index contributed by atoms with van der Waals surface area (Å²) in [6.07, 6.45) is -0.733. The first-order valence-electron chi connectivity index (χ1n) is 12.9. The van der Waals surface area contributed by atoms with Crippen LogP contribution in [0.3, 0.4) is 0 Å². The summed E-state index contributed by atoms with van der Waals surface area (Å²) in [5.74, 6) is -2.65. The van der Waals surface area contributed by atoms with Crippen LogP contribution in [-0.2, 0) is 20.7 Å². The molecule has 0 bridgehead atoms. The molecule has 0 saturated carbocycles. The van der Waals surface area contributed by atoms with Crippen molar-refractivity contribution in [3.63, 3.8) is 0 Å². The van der Waals surface area contributed by atoms with Gasteiger partial charge in [0.15, 0.2) is 6.10 Å². The smallest absolute Gasteiger partial charge is 0.334 e. The Morgan fingerprint density at radius 3 is 2.44 bits per heavy atom. The summed E-state index contributed by atoms with van der Waals surface area (Å²) < 4.78 is 40.6. The first kappa shape index (κ1) is 28.5. The van der Waals surface area contributed by atoms with E-state index in [-0.39, 0.29) is 37.1 Å². The zero-order valence-corrected chi connectivity index (χ0v) is 23.4. The van der Waals surface area contributed by atoms with E-state index in [0.29, 0.717) is 24.3 Å². The van der Waals surface area contributed by atoms with Gasteiger partial charge in [-0.25, -0.2) is 18.4 Å². The van der Waals surface area contributed by atoms with Gasteiger partial charge in [0.25, 0.3) is 5.91 Å². The van der Waals surface area contributed by atoms with Crippen molar-refractivity contribution in [3.8, 4) is 5.75 Å². The van der Waals surface area contributed by atoms with E-state index < -0.39 is 49.8 Å². The standard InChI is InChI=1S/C27H33F2N3O6Si/c1-5-37-18-6-7-19-16(12-18)8-9-32(27(36)31-10-11-38-22(15-31)26(34)35)23(19)25(33)30-17-13-20(28)24(21(29)14-17)39(2,3)4/h6-7,12-14,22-23H,5,8-11,15H2,1-4H3,(H,30,33)(H,34,35)/t22?,23-/m1/s1. The predicted molar refractivity (Wildman–Crippen MR) is 143 cm³/mol. The highest BCUT2D eigenvalue weighted by molar-refractivity contribution is 6.88. The summed E-state index contributed by atoms with van der Waals surface area (Å²) in [5.41, 5.74) is 1.31. The second-order valence-corrected chi connectivity index (χ2v) is 15.6. The lowest BCUT2D eigenvalue weighted by Crippen LogP contribution is -2.56. The van der Waals surface area contributed by atoms with E-state index in [1.54, 1.807) is 12.1 Å². The minimum absolute atomic E-state index is 0.0453. The zero-order valence-electron chi connectivity index (χ0n) is 22.4. The molecule has 3 amide bonds. The van der Waals surface area contributed by atoms with Gasteiger partial charge in [0.05, 0.1) is 27.8 Å². The van der Waals surface area contributed by atoms with Gasteiger partial charge in [0.2, 0.25) is 0 Å². The predicted octanol–water partition coefficient (Wildman–Crippen LogP) is 3.35. The first-order valence-corrected chi connectivity index (χ1v) is 16.4. The Morgan fingerprint density at radius 1 is 1.13 bits per heavy atom. The summed E-state index contributed by atoms with van der Waals surface area (Å²) in [6.45, 7) is 8.01. The molecule has 0 spiro atoms. The SMILES string of the molecule is CCOc1ccc2c(c1)CCN(C(=O)N1CCOC(C(=O)O)C1)[C@H]2C(=O)Nc1cc(F)c([Si](C)(C)C)c(F)c1. The quantitative estimate of drug-likeness (QED) is 0.524. The Kier molecular flexibility index (Phi) is 8.26. The maximum absolute atomic E-state index is 14.9. The number of aliphatic carboxylic acids is 1. The first-order chi connectivity index (χ1) is 18.4. The molecule has 0 radical (unpaired) electrons. The number of carbonyl (C=O) groups is 3. The normalized spacial score (nSPS) is 19.3. The van der Waals surface area contributed by atoms with Gasteiger partial charge >= 0.3 is 12.0 Å². The van der Waals surface area contributed by atoms with Crippen LogP contribution in [-0.4, -0.2) is 79.8 Å². The molecule has 2 aromatic rings. The van der Waals surface area contributed by atoms with Gasteiger partial charge in [-0.15, -0.1) is 0 Å². The number of ether oxygens (including phenoxy) is 2. The summed E-state index contributed by atoms with van der Waals surface area (Å²) in [4.78, 5) is 41.5. The lowest BCUT2D eigenvalue weighted by Gasteiger charge is -2.41. The molecule has 1 fully saturated rings. The number of amides is 3. The number of anilines is 1. The van der Waals surface area contributed by atoms with Gasteiger partial charge in [-0.05, 0) is 48.7 Å². The van der Waals surface area contributed by atoms with Crippen LogP contribution < -0.4 is 15.2 Å². The molecule has 4 rings (SSSR count). The summed E-state index contributed by atoms with van der Waals surface area (Å²) in [6, 6.07) is 5.79. The number of hydrogen-bond donors (Lipinski definition) is 2. The fourth-order valence-corrected chi connectivity index (χ4v) is 6.65. The van der Waals surface area contributed by atoms with Crippen LogP contribution in [0, 0.1) is 11.6 Å². The molecule has 2 heterocycles. The molecule has 9 nitrogen and oxygen atoms in total. The number of nitrogens with one attached hydrogen (secondary N) is 1. The van der Waals surface area contributed by atoms with Gasteiger partial charge in [-0.1, -0.05) is 25.7 Å². The Hall–Kier alpha value is -3.51. The lowest BCUT2D eigenvalue weighted by atomic mass is 9.91. The Labute approximate surface area is 226 Å². The number of halogens is 2. The van der Waals surface area contributed by atoms with Gasteiger partial charge in [-0.3, -0.25) is 4.79 Å². The topological polar surface area (TPSA) is 108 Å². The van der Waals surface area contributed by atoms with Crippen LogP contribution in [0.2, 0.25) is 19.6 Å². The number of carbonyl (C=O) groups excluding carboxylic acids is 2. The molecule has 2 aromatic carbocycles. The second kappa shape index (κ2) is 11.3. The highest BCUT2D eigenvalue weighted by Gasteiger charge is 2.40. The van der Waals surface area contributed by atoms with Crippen molar-refractivity contribution in [2.24, 2.45) is 0 Å². The highest BCUT2D eigenvalue weighted by Crippen LogP contribution is 2.34. The van der Waals surface area contributed by atoms with Crippen LogP contribution in [0.15, 0.2) is 30.3 Å². The third-order valence-corrected chi connectivity index (χ3v) is 8.80. The minimum Gasteiger partial charge on any atom is -0.494 e. The van der Waals surface area contributed by atoms with Crippen LogP contribution in [0.25, 0.3) is 0 Å². The third-order valence-electron chi connectivity index (χ3n) is 6.82. The number of carboxylic acids is 1. The number of carboxylic acid groups (broad SMARTS) is 1. The molecule has 210 valence electrons. The number of urea groups is 1. The van der Waals surface area contributed by atoms with Crippen LogP contribution in [0.1, 0.15) is 24.1 Å². The van der Waals surface area contributed by atoms with Crippen molar-refractivity contribution in [1.82, 2.24) is 9.80 Å². The van der Waals surface area contributed by atoms with E-state index in [2.05, 4.69) is 5.32 Å². The van der Waals surface area contributed by atoms with E-state index in [1.807, 2.05) is 32.6 Å². The van der Waals surface area contributed by atoms with Crippen molar-refractivity contribution in [3.05, 3.63) is 53.1 Å². The van der Waals surface area contributed by atoms with Crippen molar-refractivity contribution in [2.45, 2.75) is 45.1 Å². The fraction of sp³-hybridized carbons (Fsp3) is 0.444. The highest BCUT2D eigenvalue weighted by atomic mass is 28.3.